The highest BCUT2D eigenvalue weighted by Gasteiger charge is 2.31. The molecule has 0 saturated carbocycles. The second kappa shape index (κ2) is 6.23. The lowest BCUT2D eigenvalue weighted by Crippen LogP contribution is -2.26. The molecule has 7 nitrogen and oxygen atoms in total. The fraction of sp³-hybridized carbons (Fsp3) is 0.111. The number of anilines is 1. The minimum Gasteiger partial charge on any atom is -0.496 e. The number of carbonyl (C=O) groups excluding carboxylic acids is 1. The maximum absolute atomic E-state index is 12.7. The number of nitrogens with zero attached hydrogens (tertiary/aromatic N) is 4. The van der Waals surface area contributed by atoms with E-state index in [1.807, 2.05) is 48.5 Å². The van der Waals surface area contributed by atoms with Gasteiger partial charge in [0.25, 0.3) is 5.91 Å². The zero-order chi connectivity index (χ0) is 18.3. The topological polar surface area (TPSA) is 75.5 Å². The highest BCUT2D eigenvalue weighted by molar-refractivity contribution is 7.71. The van der Waals surface area contributed by atoms with E-state index in [0.29, 0.717) is 22.1 Å². The molecule has 1 aliphatic rings. The molecule has 0 spiro atoms. The second-order valence-corrected chi connectivity index (χ2v) is 6.08. The molecule has 26 heavy (non-hydrogen) atoms. The van der Waals surface area contributed by atoms with Gasteiger partial charge in [0.05, 0.1) is 18.4 Å². The van der Waals surface area contributed by atoms with Crippen LogP contribution in [0.3, 0.4) is 0 Å². The van der Waals surface area contributed by atoms with Crippen molar-refractivity contribution in [3.63, 3.8) is 0 Å². The first kappa shape index (κ1) is 16.2. The zero-order valence-corrected chi connectivity index (χ0v) is 14.9. The van der Waals surface area contributed by atoms with Crippen molar-refractivity contribution in [1.29, 1.82) is 0 Å². The van der Waals surface area contributed by atoms with Crippen LogP contribution in [0, 0.1) is 4.77 Å². The van der Waals surface area contributed by atoms with Gasteiger partial charge < -0.3 is 9.64 Å². The third-order valence-electron chi connectivity index (χ3n) is 4.23. The Kier molecular flexibility index (Phi) is 3.89. The van der Waals surface area contributed by atoms with E-state index in [2.05, 4.69) is 15.3 Å². The van der Waals surface area contributed by atoms with Crippen molar-refractivity contribution in [2.75, 3.05) is 19.1 Å². The van der Waals surface area contributed by atoms with Crippen LogP contribution < -0.4 is 9.64 Å². The molecule has 0 fully saturated rings. The van der Waals surface area contributed by atoms with Crippen LogP contribution in [0.15, 0.2) is 53.6 Å². The molecule has 2 heterocycles. The van der Waals surface area contributed by atoms with E-state index in [1.165, 1.54) is 4.68 Å². The van der Waals surface area contributed by atoms with Gasteiger partial charge in [0, 0.05) is 12.6 Å². The first-order valence-electron chi connectivity index (χ1n) is 7.89. The van der Waals surface area contributed by atoms with E-state index >= 15 is 0 Å². The van der Waals surface area contributed by atoms with Crippen molar-refractivity contribution >= 4 is 29.5 Å². The SMILES string of the molecule is COc1ccccc1-c1n[nH]c(=S)n1/N=C1/C(=O)N(C)c2ccccc21. The average molecular weight is 365 g/mol. The van der Waals surface area contributed by atoms with E-state index in [0.717, 1.165) is 16.8 Å². The Bertz CT molecular complexity index is 1100. The summed E-state index contributed by atoms with van der Waals surface area (Å²) in [6.45, 7) is 0. The van der Waals surface area contributed by atoms with Gasteiger partial charge in [-0.1, -0.05) is 30.3 Å². The van der Waals surface area contributed by atoms with Crippen molar-refractivity contribution in [3.8, 4) is 17.1 Å². The summed E-state index contributed by atoms with van der Waals surface area (Å²) in [5.41, 5.74) is 2.61. The quantitative estimate of drug-likeness (QED) is 0.724. The molecule has 1 N–H and O–H groups in total. The van der Waals surface area contributed by atoms with E-state index in [-0.39, 0.29) is 5.91 Å². The number of aromatic nitrogens is 3. The van der Waals surface area contributed by atoms with E-state index in [9.17, 15) is 4.79 Å². The Morgan fingerprint density at radius 1 is 1.12 bits per heavy atom. The molecule has 1 aromatic heterocycles. The third kappa shape index (κ3) is 2.42. The van der Waals surface area contributed by atoms with Gasteiger partial charge in [0.2, 0.25) is 4.77 Å². The number of ether oxygens (including phenoxy) is 1. The van der Waals surface area contributed by atoms with Crippen molar-refractivity contribution in [1.82, 2.24) is 14.9 Å². The molecule has 1 amide bonds. The Hall–Kier alpha value is -3.26. The molecule has 130 valence electrons. The molecular formula is C18H15N5O2S. The first-order chi connectivity index (χ1) is 12.6. The second-order valence-electron chi connectivity index (χ2n) is 5.69. The minimum absolute atomic E-state index is 0.194. The summed E-state index contributed by atoms with van der Waals surface area (Å²) in [7, 11) is 3.31. The number of rotatable bonds is 3. The lowest BCUT2D eigenvalue weighted by Gasteiger charge is -2.08. The van der Waals surface area contributed by atoms with Gasteiger partial charge in [-0.3, -0.25) is 4.79 Å². The van der Waals surface area contributed by atoms with Crippen LogP contribution >= 0.6 is 12.2 Å². The first-order valence-corrected chi connectivity index (χ1v) is 8.30. The van der Waals surface area contributed by atoms with Crippen molar-refractivity contribution < 1.29 is 9.53 Å². The van der Waals surface area contributed by atoms with Gasteiger partial charge >= 0.3 is 0 Å². The number of fused-ring (bicyclic) bond motifs is 1. The monoisotopic (exact) mass is 365 g/mol. The predicted molar refractivity (Wildman–Crippen MR) is 101 cm³/mol. The predicted octanol–water partition coefficient (Wildman–Crippen LogP) is 2.85. The molecule has 4 rings (SSSR count). The third-order valence-corrected chi connectivity index (χ3v) is 4.49. The normalized spacial score (nSPS) is 14.8. The van der Waals surface area contributed by atoms with Gasteiger partial charge in [-0.2, -0.15) is 14.9 Å². The van der Waals surface area contributed by atoms with Crippen LogP contribution in [-0.2, 0) is 4.79 Å². The Balaban J connectivity index is 1.91. The maximum atomic E-state index is 12.7. The molecule has 0 atom stereocenters. The Morgan fingerprint density at radius 3 is 2.58 bits per heavy atom. The van der Waals surface area contributed by atoms with Crippen LogP contribution in [-0.4, -0.2) is 40.6 Å². The Morgan fingerprint density at radius 2 is 1.81 bits per heavy atom. The summed E-state index contributed by atoms with van der Waals surface area (Å²) in [4.78, 5) is 14.2. The number of carbonyl (C=O) groups is 1. The largest absolute Gasteiger partial charge is 0.496 e. The number of amides is 1. The van der Waals surface area contributed by atoms with Crippen molar-refractivity contribution in [2.45, 2.75) is 0 Å². The molecule has 3 aromatic rings. The summed E-state index contributed by atoms with van der Waals surface area (Å²) < 4.78 is 7.15. The van der Waals surface area contributed by atoms with Crippen LogP contribution in [0.2, 0.25) is 0 Å². The number of methoxy groups -OCH3 is 1. The molecule has 0 unspecified atom stereocenters. The lowest BCUT2D eigenvalue weighted by molar-refractivity contribution is -0.112. The smallest absolute Gasteiger partial charge is 0.279 e. The summed E-state index contributed by atoms with van der Waals surface area (Å²) in [5.74, 6) is 0.915. The highest BCUT2D eigenvalue weighted by atomic mass is 32.1. The molecule has 0 bridgehead atoms. The van der Waals surface area contributed by atoms with Crippen LogP contribution in [0.1, 0.15) is 5.56 Å². The number of nitrogens with one attached hydrogen (secondary N) is 1. The summed E-state index contributed by atoms with van der Waals surface area (Å²) in [6.07, 6.45) is 0. The zero-order valence-electron chi connectivity index (χ0n) is 14.1. The number of likely N-dealkylation sites (N-methyl/N-ethyl adjacent to an activating group) is 1. The van der Waals surface area contributed by atoms with Gasteiger partial charge in [0.15, 0.2) is 11.5 Å². The average Bonchev–Trinajstić information content (AvgIpc) is 3.15. The van der Waals surface area contributed by atoms with E-state index in [4.69, 9.17) is 17.0 Å². The minimum atomic E-state index is -0.194. The number of para-hydroxylation sites is 2. The number of aromatic amines is 1. The number of benzene rings is 2. The number of H-pyrrole nitrogens is 1. The summed E-state index contributed by atoms with van der Waals surface area (Å²) in [6, 6.07) is 14.9. The molecule has 0 radical (unpaired) electrons. The summed E-state index contributed by atoms with van der Waals surface area (Å²) >= 11 is 5.33. The van der Waals surface area contributed by atoms with Crippen LogP contribution in [0.4, 0.5) is 5.69 Å². The Labute approximate surface area is 154 Å². The fourth-order valence-electron chi connectivity index (χ4n) is 2.93. The van der Waals surface area contributed by atoms with E-state index < -0.39 is 0 Å². The molecule has 8 heteroatoms. The van der Waals surface area contributed by atoms with Crippen molar-refractivity contribution in [2.24, 2.45) is 5.10 Å². The molecular weight excluding hydrogens is 350 g/mol. The van der Waals surface area contributed by atoms with Gasteiger partial charge in [-0.25, -0.2) is 5.10 Å². The van der Waals surface area contributed by atoms with Crippen molar-refractivity contribution in [3.05, 3.63) is 58.9 Å². The lowest BCUT2D eigenvalue weighted by atomic mass is 10.1. The molecule has 2 aromatic carbocycles. The maximum Gasteiger partial charge on any atom is 0.279 e. The van der Waals surface area contributed by atoms with Gasteiger partial charge in [0.1, 0.15) is 5.75 Å². The summed E-state index contributed by atoms with van der Waals surface area (Å²) in [5, 5.41) is 11.5. The van der Waals surface area contributed by atoms with Crippen LogP contribution in [0.5, 0.6) is 5.75 Å². The fourth-order valence-corrected chi connectivity index (χ4v) is 3.11. The van der Waals surface area contributed by atoms with Crippen LogP contribution in [0.25, 0.3) is 11.4 Å². The van der Waals surface area contributed by atoms with E-state index in [1.54, 1.807) is 19.1 Å². The highest BCUT2D eigenvalue weighted by Crippen LogP contribution is 2.30. The number of hydrogen-bond donors (Lipinski definition) is 1. The van der Waals surface area contributed by atoms with Gasteiger partial charge in [-0.05, 0) is 30.4 Å². The number of hydrogen-bond acceptors (Lipinski definition) is 5. The molecule has 0 aliphatic carbocycles. The molecule has 1 aliphatic heterocycles. The standard InChI is InChI=1S/C18H15N5O2S/c1-22-13-9-5-3-7-11(13)15(17(22)24)21-23-16(19-20-18(23)26)12-8-4-6-10-14(12)25-2/h3-10H,1-2H3,(H,20,26)/b21-15+. The van der Waals surface area contributed by atoms with Gasteiger partial charge in [-0.15, -0.1) is 0 Å². The molecule has 0 saturated heterocycles.